The summed E-state index contributed by atoms with van der Waals surface area (Å²) in [5, 5.41) is 13.4. The van der Waals surface area contributed by atoms with Crippen molar-refractivity contribution in [3.05, 3.63) is 51.4 Å². The molecular weight excluding hydrogens is 328 g/mol. The fourth-order valence-corrected chi connectivity index (χ4v) is 2.82. The first kappa shape index (κ1) is 15.9. The maximum atomic E-state index is 13.8. The Morgan fingerprint density at radius 1 is 1.22 bits per heavy atom. The van der Waals surface area contributed by atoms with Crippen molar-refractivity contribution in [1.82, 2.24) is 9.78 Å². The van der Waals surface area contributed by atoms with E-state index in [0.29, 0.717) is 37.7 Å². The molecule has 0 saturated carbocycles. The van der Waals surface area contributed by atoms with Crippen LogP contribution >= 0.6 is 11.6 Å². The maximum Gasteiger partial charge on any atom is 0.292 e. The molecule has 2 aromatic rings. The number of aliphatic hydroxyl groups excluding tert-OH is 1. The molecule has 122 valence electrons. The number of anilines is 1. The predicted octanol–water partition coefficient (Wildman–Crippen LogP) is 2.13. The number of aliphatic hydroxyl groups is 1. The average Bonchev–Trinajstić information content (AvgIpc) is 2.52. The van der Waals surface area contributed by atoms with Gasteiger partial charge in [-0.3, -0.25) is 4.79 Å². The first-order valence-electron chi connectivity index (χ1n) is 7.13. The van der Waals surface area contributed by atoms with Crippen molar-refractivity contribution in [2.75, 3.05) is 18.0 Å². The molecule has 1 fully saturated rings. The van der Waals surface area contributed by atoms with Crippen LogP contribution in [-0.4, -0.2) is 34.1 Å². The molecule has 3 rings (SSSR count). The van der Waals surface area contributed by atoms with Crippen LogP contribution in [0.5, 0.6) is 0 Å². The largest absolute Gasteiger partial charge is 0.393 e. The summed E-state index contributed by atoms with van der Waals surface area (Å²) in [6.07, 6.45) is 2.18. The fraction of sp³-hybridized carbons (Fsp3) is 0.333. The van der Waals surface area contributed by atoms with Gasteiger partial charge in [0.1, 0.15) is 16.5 Å². The normalized spacial score (nSPS) is 15.9. The Morgan fingerprint density at radius 2 is 1.91 bits per heavy atom. The molecule has 1 saturated heterocycles. The zero-order chi connectivity index (χ0) is 16.6. The molecule has 8 heteroatoms. The highest BCUT2D eigenvalue weighted by molar-refractivity contribution is 6.33. The summed E-state index contributed by atoms with van der Waals surface area (Å²) in [6, 6.07) is 2.85. The Balaban J connectivity index is 1.99. The number of benzene rings is 1. The average molecular weight is 342 g/mol. The molecule has 1 aromatic heterocycles. The smallest absolute Gasteiger partial charge is 0.292 e. The molecule has 1 aromatic carbocycles. The van der Waals surface area contributed by atoms with Crippen LogP contribution < -0.4 is 10.5 Å². The van der Waals surface area contributed by atoms with Gasteiger partial charge in [0.15, 0.2) is 5.82 Å². The second-order valence-electron chi connectivity index (χ2n) is 5.37. The van der Waals surface area contributed by atoms with Gasteiger partial charge in [-0.05, 0) is 25.0 Å². The second kappa shape index (κ2) is 6.25. The summed E-state index contributed by atoms with van der Waals surface area (Å²) < 4.78 is 27.6. The van der Waals surface area contributed by atoms with Crippen molar-refractivity contribution in [2.45, 2.75) is 18.9 Å². The summed E-state index contributed by atoms with van der Waals surface area (Å²) in [5.74, 6) is -1.64. The lowest BCUT2D eigenvalue weighted by atomic mass is 10.1. The van der Waals surface area contributed by atoms with Crippen molar-refractivity contribution in [1.29, 1.82) is 0 Å². The van der Waals surface area contributed by atoms with E-state index in [-0.39, 0.29) is 16.8 Å². The molecule has 0 spiro atoms. The Hall–Kier alpha value is -1.99. The number of hydrogen-bond acceptors (Lipinski definition) is 4. The number of piperidine rings is 1. The van der Waals surface area contributed by atoms with E-state index in [1.54, 1.807) is 0 Å². The van der Waals surface area contributed by atoms with Gasteiger partial charge in [-0.25, -0.2) is 8.78 Å². The van der Waals surface area contributed by atoms with Gasteiger partial charge in [0.25, 0.3) is 5.56 Å². The number of halogens is 3. The Morgan fingerprint density at radius 3 is 2.57 bits per heavy atom. The maximum absolute atomic E-state index is 13.8. The van der Waals surface area contributed by atoms with Gasteiger partial charge in [-0.2, -0.15) is 9.78 Å². The standard InChI is InChI=1S/C15H14ClF2N3O2/c16-14-13(20-5-3-10(22)4-6-20)8-19-21(15(14)23)12-2-1-9(17)7-11(12)18/h1-2,7-8,10,22H,3-6H2. The highest BCUT2D eigenvalue weighted by Crippen LogP contribution is 2.25. The minimum absolute atomic E-state index is 0.0832. The van der Waals surface area contributed by atoms with Crippen LogP contribution in [0.1, 0.15) is 12.8 Å². The van der Waals surface area contributed by atoms with Crippen LogP contribution in [0.2, 0.25) is 5.02 Å². The van der Waals surface area contributed by atoms with Crippen molar-refractivity contribution in [3.63, 3.8) is 0 Å². The van der Waals surface area contributed by atoms with Crippen LogP contribution in [0.4, 0.5) is 14.5 Å². The van der Waals surface area contributed by atoms with Crippen LogP contribution in [0.25, 0.3) is 5.69 Å². The topological polar surface area (TPSA) is 58.4 Å². The third-order valence-corrected chi connectivity index (χ3v) is 4.20. The molecule has 0 radical (unpaired) electrons. The molecule has 0 amide bonds. The van der Waals surface area contributed by atoms with Crippen LogP contribution in [0.15, 0.2) is 29.2 Å². The van der Waals surface area contributed by atoms with E-state index in [1.807, 2.05) is 4.90 Å². The molecular formula is C15H14ClF2N3O2. The lowest BCUT2D eigenvalue weighted by Gasteiger charge is -2.31. The quantitative estimate of drug-likeness (QED) is 0.909. The molecule has 5 nitrogen and oxygen atoms in total. The highest BCUT2D eigenvalue weighted by Gasteiger charge is 2.22. The molecule has 0 aliphatic carbocycles. The molecule has 1 aliphatic rings. The van der Waals surface area contributed by atoms with E-state index < -0.39 is 17.2 Å². The monoisotopic (exact) mass is 341 g/mol. The lowest BCUT2D eigenvalue weighted by Crippen LogP contribution is -2.37. The first-order chi connectivity index (χ1) is 11.0. The summed E-state index contributed by atoms with van der Waals surface area (Å²) in [4.78, 5) is 14.2. The van der Waals surface area contributed by atoms with Gasteiger partial charge in [0.05, 0.1) is 18.0 Å². The molecule has 0 unspecified atom stereocenters. The van der Waals surface area contributed by atoms with Crippen molar-refractivity contribution < 1.29 is 13.9 Å². The summed E-state index contributed by atoms with van der Waals surface area (Å²) in [6.45, 7) is 1.11. The SMILES string of the molecule is O=c1c(Cl)c(N2CCC(O)CC2)cnn1-c1ccc(F)cc1F. The molecule has 1 aliphatic heterocycles. The van der Waals surface area contributed by atoms with Crippen molar-refractivity contribution in [3.8, 4) is 5.69 Å². The lowest BCUT2D eigenvalue weighted by molar-refractivity contribution is 0.145. The molecule has 1 N–H and O–H groups in total. The zero-order valence-corrected chi connectivity index (χ0v) is 12.8. The van der Waals surface area contributed by atoms with Crippen LogP contribution in [0, 0.1) is 11.6 Å². The van der Waals surface area contributed by atoms with Gasteiger partial charge in [-0.15, -0.1) is 0 Å². The van der Waals surface area contributed by atoms with E-state index in [1.165, 1.54) is 6.20 Å². The van der Waals surface area contributed by atoms with Gasteiger partial charge in [-0.1, -0.05) is 11.6 Å². The van der Waals surface area contributed by atoms with Crippen molar-refractivity contribution >= 4 is 17.3 Å². The van der Waals surface area contributed by atoms with E-state index in [0.717, 1.165) is 16.8 Å². The first-order valence-corrected chi connectivity index (χ1v) is 7.51. The second-order valence-corrected chi connectivity index (χ2v) is 5.75. The van der Waals surface area contributed by atoms with Gasteiger partial charge in [0, 0.05) is 19.2 Å². The molecule has 23 heavy (non-hydrogen) atoms. The third-order valence-electron chi connectivity index (χ3n) is 3.84. The van der Waals surface area contributed by atoms with Crippen molar-refractivity contribution in [2.24, 2.45) is 0 Å². The summed E-state index contributed by atoms with van der Waals surface area (Å²) >= 11 is 6.13. The van der Waals surface area contributed by atoms with E-state index in [2.05, 4.69) is 5.10 Å². The summed E-state index contributed by atoms with van der Waals surface area (Å²) in [7, 11) is 0. The Bertz CT molecular complexity index is 789. The van der Waals surface area contributed by atoms with Gasteiger partial charge in [0.2, 0.25) is 0 Å². The highest BCUT2D eigenvalue weighted by atomic mass is 35.5. The Kier molecular flexibility index (Phi) is 4.32. The van der Waals surface area contributed by atoms with E-state index in [4.69, 9.17) is 11.6 Å². The van der Waals surface area contributed by atoms with Crippen LogP contribution in [0.3, 0.4) is 0 Å². The van der Waals surface area contributed by atoms with E-state index in [9.17, 15) is 18.7 Å². The molecule has 0 bridgehead atoms. The van der Waals surface area contributed by atoms with Gasteiger partial charge < -0.3 is 10.0 Å². The van der Waals surface area contributed by atoms with E-state index >= 15 is 0 Å². The predicted molar refractivity (Wildman–Crippen MR) is 82.2 cm³/mol. The fourth-order valence-electron chi connectivity index (χ4n) is 2.58. The number of hydrogen-bond donors (Lipinski definition) is 1. The number of nitrogens with zero attached hydrogens (tertiary/aromatic N) is 3. The number of rotatable bonds is 2. The molecule has 2 heterocycles. The minimum Gasteiger partial charge on any atom is -0.393 e. The third kappa shape index (κ3) is 3.07. The number of aromatic nitrogens is 2. The Labute approximate surface area is 135 Å². The molecule has 0 atom stereocenters. The summed E-state index contributed by atoms with van der Waals surface area (Å²) in [5.41, 5.74) is -0.401. The zero-order valence-electron chi connectivity index (χ0n) is 12.0. The van der Waals surface area contributed by atoms with Gasteiger partial charge >= 0.3 is 0 Å². The van der Waals surface area contributed by atoms with Crippen LogP contribution in [-0.2, 0) is 0 Å². The minimum atomic E-state index is -0.899.